The summed E-state index contributed by atoms with van der Waals surface area (Å²) in [6.45, 7) is 0. The van der Waals surface area contributed by atoms with Crippen molar-refractivity contribution in [3.05, 3.63) is 12.5 Å². The van der Waals surface area contributed by atoms with Crippen LogP contribution in [0, 0.1) is 0 Å². The Labute approximate surface area is 59.5 Å². The lowest BCUT2D eigenvalue weighted by molar-refractivity contribution is 0.443. The third-order valence-corrected chi connectivity index (χ3v) is 2.16. The fourth-order valence-corrected chi connectivity index (χ4v) is 1.25. The van der Waals surface area contributed by atoms with Crippen molar-refractivity contribution in [2.45, 2.75) is 4.90 Å². The fourth-order valence-electron chi connectivity index (χ4n) is 0.568. The van der Waals surface area contributed by atoms with Gasteiger partial charge in [0.05, 0.1) is 0 Å². The normalized spacial score (nSPS) is 13.5. The van der Waals surface area contributed by atoms with Crippen molar-refractivity contribution in [3.63, 3.8) is 0 Å². The molecular weight excluding hydrogens is 156 g/mol. The Balaban J connectivity index is 3.05. The molecule has 58 valence electrons. The van der Waals surface area contributed by atoms with Crippen LogP contribution in [0.5, 0.6) is 5.75 Å². The number of furan rings is 1. The van der Waals surface area contributed by atoms with Gasteiger partial charge in [-0.05, 0) is 0 Å². The fraction of sp³-hybridized carbons (Fsp3) is 0.200. The quantitative estimate of drug-likeness (QED) is 0.590. The van der Waals surface area contributed by atoms with Gasteiger partial charge in [0.25, 0.3) is 0 Å². The molecular formula is C5H8O4S. The predicted octanol–water partition coefficient (Wildman–Crippen LogP) is 1.72. The molecule has 0 atom stereocenters. The third-order valence-electron chi connectivity index (χ3n) is 1.02. The van der Waals surface area contributed by atoms with Crippen molar-refractivity contribution in [1.82, 2.24) is 0 Å². The van der Waals surface area contributed by atoms with Gasteiger partial charge in [-0.2, -0.15) is 10.6 Å². The molecule has 3 N–H and O–H groups in total. The average molecular weight is 164 g/mol. The maximum Gasteiger partial charge on any atom is 0.177 e. The van der Waals surface area contributed by atoms with Crippen LogP contribution in [0.2, 0.25) is 0 Å². The van der Waals surface area contributed by atoms with Crippen LogP contribution >= 0.6 is 10.6 Å². The number of aromatic hydroxyl groups is 1. The zero-order valence-electron chi connectivity index (χ0n) is 5.31. The zero-order valence-corrected chi connectivity index (χ0v) is 6.13. The first-order valence-corrected chi connectivity index (χ1v) is 4.45. The molecule has 5 heteroatoms. The second kappa shape index (κ2) is 2.19. The van der Waals surface area contributed by atoms with Crippen LogP contribution in [0.15, 0.2) is 21.8 Å². The van der Waals surface area contributed by atoms with Gasteiger partial charge < -0.3 is 9.52 Å². The summed E-state index contributed by atoms with van der Waals surface area (Å²) >= 11 is 0. The van der Waals surface area contributed by atoms with Gasteiger partial charge in [0.1, 0.15) is 17.4 Å². The van der Waals surface area contributed by atoms with Crippen molar-refractivity contribution in [1.29, 1.82) is 0 Å². The molecule has 0 saturated carbocycles. The summed E-state index contributed by atoms with van der Waals surface area (Å²) in [7, 11) is -2.83. The standard InChI is InChI=1S/C5H8O4S/c1-10(7,8)5-3-9-2-4(5)6/h2-3,6-8H,1H3. The summed E-state index contributed by atoms with van der Waals surface area (Å²) in [5.41, 5.74) is 0. The molecule has 1 aromatic rings. The smallest absolute Gasteiger partial charge is 0.177 e. The van der Waals surface area contributed by atoms with E-state index < -0.39 is 10.6 Å². The Kier molecular flexibility index (Phi) is 1.63. The van der Waals surface area contributed by atoms with Crippen LogP contribution in [-0.4, -0.2) is 20.5 Å². The SMILES string of the molecule is CS(O)(O)c1cocc1O. The van der Waals surface area contributed by atoms with E-state index in [-0.39, 0.29) is 10.6 Å². The van der Waals surface area contributed by atoms with E-state index in [4.69, 9.17) is 14.2 Å². The van der Waals surface area contributed by atoms with Gasteiger partial charge in [-0.3, -0.25) is 9.11 Å². The Morgan fingerprint density at radius 3 is 2.20 bits per heavy atom. The van der Waals surface area contributed by atoms with E-state index in [1.54, 1.807) is 0 Å². The van der Waals surface area contributed by atoms with Crippen molar-refractivity contribution >= 4 is 10.6 Å². The molecule has 1 aromatic heterocycles. The molecule has 0 aliphatic heterocycles. The molecule has 0 aliphatic rings. The maximum absolute atomic E-state index is 8.98. The molecule has 0 fully saturated rings. The summed E-state index contributed by atoms with van der Waals surface area (Å²) in [6.07, 6.45) is 3.38. The Bertz CT molecular complexity index is 224. The van der Waals surface area contributed by atoms with Gasteiger partial charge >= 0.3 is 0 Å². The highest BCUT2D eigenvalue weighted by molar-refractivity contribution is 8.23. The number of hydrogen-bond acceptors (Lipinski definition) is 4. The van der Waals surface area contributed by atoms with Crippen molar-refractivity contribution in [2.24, 2.45) is 0 Å². The first-order chi connectivity index (χ1) is 4.52. The van der Waals surface area contributed by atoms with Crippen LogP contribution in [-0.2, 0) is 0 Å². The van der Waals surface area contributed by atoms with Crippen LogP contribution < -0.4 is 0 Å². The summed E-state index contributed by atoms with van der Waals surface area (Å²) in [4.78, 5) is 0.0486. The minimum atomic E-state index is -2.83. The highest BCUT2D eigenvalue weighted by Crippen LogP contribution is 2.48. The summed E-state index contributed by atoms with van der Waals surface area (Å²) in [5, 5.41) is 8.89. The van der Waals surface area contributed by atoms with E-state index in [1.807, 2.05) is 0 Å². The summed E-state index contributed by atoms with van der Waals surface area (Å²) in [6, 6.07) is 0. The predicted molar refractivity (Wildman–Crippen MR) is 37.4 cm³/mol. The molecule has 0 saturated heterocycles. The summed E-state index contributed by atoms with van der Waals surface area (Å²) in [5.74, 6) is -0.220. The molecule has 0 unspecified atom stereocenters. The molecule has 0 spiro atoms. The first kappa shape index (κ1) is 7.46. The Morgan fingerprint density at radius 1 is 1.40 bits per heavy atom. The van der Waals surface area contributed by atoms with E-state index in [0.29, 0.717) is 0 Å². The third kappa shape index (κ3) is 1.26. The lowest BCUT2D eigenvalue weighted by Crippen LogP contribution is -1.91. The largest absolute Gasteiger partial charge is 0.503 e. The first-order valence-electron chi connectivity index (χ1n) is 2.50. The monoisotopic (exact) mass is 164 g/mol. The molecule has 0 amide bonds. The molecule has 4 nitrogen and oxygen atoms in total. The second-order valence-electron chi connectivity index (χ2n) is 1.95. The molecule has 0 aromatic carbocycles. The topological polar surface area (TPSA) is 73.8 Å². The highest BCUT2D eigenvalue weighted by atomic mass is 32.3. The van der Waals surface area contributed by atoms with E-state index in [1.165, 1.54) is 6.26 Å². The lowest BCUT2D eigenvalue weighted by Gasteiger charge is -2.24. The van der Waals surface area contributed by atoms with E-state index >= 15 is 0 Å². The minimum absolute atomic E-state index is 0.0486. The second-order valence-corrected chi connectivity index (χ2v) is 4.06. The maximum atomic E-state index is 8.98. The van der Waals surface area contributed by atoms with Gasteiger partial charge in [-0.1, -0.05) is 0 Å². The Hall–Kier alpha value is -0.650. The lowest BCUT2D eigenvalue weighted by atomic mass is 10.6. The minimum Gasteiger partial charge on any atom is -0.503 e. The summed E-state index contributed by atoms with van der Waals surface area (Å²) < 4.78 is 22.5. The van der Waals surface area contributed by atoms with Gasteiger partial charge in [-0.15, -0.1) is 0 Å². The average Bonchev–Trinajstić information content (AvgIpc) is 2.11. The molecule has 0 radical (unpaired) electrons. The van der Waals surface area contributed by atoms with E-state index in [0.717, 1.165) is 12.5 Å². The highest BCUT2D eigenvalue weighted by Gasteiger charge is 2.15. The van der Waals surface area contributed by atoms with Gasteiger partial charge in [-0.25, -0.2) is 0 Å². The molecule has 10 heavy (non-hydrogen) atoms. The number of hydrogen-bond donors (Lipinski definition) is 3. The van der Waals surface area contributed by atoms with Gasteiger partial charge in [0, 0.05) is 6.26 Å². The van der Waals surface area contributed by atoms with Crippen molar-refractivity contribution in [2.75, 3.05) is 6.26 Å². The van der Waals surface area contributed by atoms with Crippen molar-refractivity contribution in [3.8, 4) is 5.75 Å². The van der Waals surface area contributed by atoms with Gasteiger partial charge in [0.2, 0.25) is 0 Å². The van der Waals surface area contributed by atoms with Crippen LogP contribution in [0.25, 0.3) is 0 Å². The van der Waals surface area contributed by atoms with Gasteiger partial charge in [0.15, 0.2) is 5.75 Å². The van der Waals surface area contributed by atoms with Crippen LogP contribution in [0.4, 0.5) is 0 Å². The molecule has 1 heterocycles. The van der Waals surface area contributed by atoms with Crippen molar-refractivity contribution < 1.29 is 18.6 Å². The Morgan fingerprint density at radius 2 is 2.00 bits per heavy atom. The molecule has 1 rings (SSSR count). The van der Waals surface area contributed by atoms with E-state index in [2.05, 4.69) is 4.42 Å². The van der Waals surface area contributed by atoms with Crippen LogP contribution in [0.1, 0.15) is 0 Å². The molecule has 0 aliphatic carbocycles. The molecule has 0 bridgehead atoms. The number of rotatable bonds is 1. The zero-order chi connectivity index (χ0) is 7.78. The van der Waals surface area contributed by atoms with E-state index in [9.17, 15) is 0 Å². The van der Waals surface area contributed by atoms with Crippen LogP contribution in [0.3, 0.4) is 0 Å².